The fourth-order valence-corrected chi connectivity index (χ4v) is 5.24. The Morgan fingerprint density at radius 3 is 2.78 bits per heavy atom. The number of nitrogens with one attached hydrogen (secondary N) is 1. The summed E-state index contributed by atoms with van der Waals surface area (Å²) in [6, 6.07) is 4.17. The van der Waals surface area contributed by atoms with Crippen LogP contribution < -0.4 is 15.8 Å². The zero-order valence-corrected chi connectivity index (χ0v) is 17.4. The number of nitrogens with zero attached hydrogens (tertiary/aromatic N) is 5. The quantitative estimate of drug-likeness (QED) is 0.521. The highest BCUT2D eigenvalue weighted by molar-refractivity contribution is 7.99. The van der Waals surface area contributed by atoms with Crippen molar-refractivity contribution < 1.29 is 0 Å². The second-order valence-corrected chi connectivity index (χ2v) is 8.89. The number of fused-ring (bicyclic) bond motifs is 1. The summed E-state index contributed by atoms with van der Waals surface area (Å²) in [7, 11) is 1.80. The molecular formula is C18H24N6OS2. The Morgan fingerprint density at radius 1 is 1.33 bits per heavy atom. The van der Waals surface area contributed by atoms with Gasteiger partial charge in [-0.05, 0) is 25.3 Å². The predicted molar refractivity (Wildman–Crippen MR) is 112 cm³/mol. The lowest BCUT2D eigenvalue weighted by Gasteiger charge is -2.28. The number of piperazine rings is 1. The van der Waals surface area contributed by atoms with E-state index in [1.165, 1.54) is 4.88 Å². The fourth-order valence-electron chi connectivity index (χ4n) is 3.38. The average Bonchev–Trinajstić information content (AvgIpc) is 3.34. The number of thioether (sulfide) groups is 1. The van der Waals surface area contributed by atoms with Crippen LogP contribution in [0.5, 0.6) is 0 Å². The highest BCUT2D eigenvalue weighted by Crippen LogP contribution is 2.36. The summed E-state index contributed by atoms with van der Waals surface area (Å²) in [5, 5.41) is 6.38. The fraction of sp³-hybridized carbons (Fsp3) is 0.500. The van der Waals surface area contributed by atoms with Crippen LogP contribution in [0.2, 0.25) is 0 Å². The third kappa shape index (κ3) is 3.39. The largest absolute Gasteiger partial charge is 0.340 e. The molecule has 0 amide bonds. The Hall–Kier alpha value is -1.84. The van der Waals surface area contributed by atoms with Gasteiger partial charge < -0.3 is 14.8 Å². The number of hydrogen-bond donors (Lipinski definition) is 1. The van der Waals surface area contributed by atoms with Gasteiger partial charge in [-0.1, -0.05) is 17.8 Å². The molecule has 7 nitrogen and oxygen atoms in total. The van der Waals surface area contributed by atoms with Gasteiger partial charge in [0.15, 0.2) is 16.3 Å². The van der Waals surface area contributed by atoms with Crippen molar-refractivity contribution in [1.82, 2.24) is 24.4 Å². The van der Waals surface area contributed by atoms with Crippen LogP contribution in [0.3, 0.4) is 0 Å². The van der Waals surface area contributed by atoms with Crippen molar-refractivity contribution in [3.8, 4) is 0 Å². The Labute approximate surface area is 166 Å². The molecule has 1 fully saturated rings. The van der Waals surface area contributed by atoms with Crippen LogP contribution in [0.25, 0.3) is 11.2 Å². The van der Waals surface area contributed by atoms with Gasteiger partial charge in [0.25, 0.3) is 5.56 Å². The highest BCUT2D eigenvalue weighted by Gasteiger charge is 2.23. The Kier molecular flexibility index (Phi) is 5.25. The molecule has 1 aliphatic rings. The normalized spacial score (nSPS) is 16.2. The van der Waals surface area contributed by atoms with Crippen molar-refractivity contribution in [2.45, 2.75) is 30.8 Å². The van der Waals surface area contributed by atoms with Gasteiger partial charge in [-0.3, -0.25) is 9.36 Å². The summed E-state index contributed by atoms with van der Waals surface area (Å²) < 4.78 is 3.67. The molecule has 1 N–H and O–H groups in total. The van der Waals surface area contributed by atoms with Crippen LogP contribution in [0.1, 0.15) is 24.0 Å². The number of aromatic nitrogens is 4. The Bertz CT molecular complexity index is 988. The van der Waals surface area contributed by atoms with Gasteiger partial charge in [-0.2, -0.15) is 4.98 Å². The molecule has 1 saturated heterocycles. The smallest absolute Gasteiger partial charge is 0.280 e. The molecule has 27 heavy (non-hydrogen) atoms. The summed E-state index contributed by atoms with van der Waals surface area (Å²) in [5.41, 5.74) is 1.12. The second-order valence-electron chi connectivity index (χ2n) is 6.60. The van der Waals surface area contributed by atoms with Crippen molar-refractivity contribution in [2.24, 2.45) is 7.05 Å². The minimum atomic E-state index is -0.0309. The van der Waals surface area contributed by atoms with Crippen molar-refractivity contribution in [2.75, 3.05) is 31.1 Å². The number of hydrogen-bond acceptors (Lipinski definition) is 7. The van der Waals surface area contributed by atoms with Crippen LogP contribution in [-0.2, 0) is 13.6 Å². The zero-order valence-electron chi connectivity index (χ0n) is 15.8. The van der Waals surface area contributed by atoms with Gasteiger partial charge in [-0.25, -0.2) is 4.98 Å². The SMILES string of the molecule is CCn1c(N2CCNCC2)nc2nc(SC(C)c3cccs3)n(C)c(=O)c21. The Balaban J connectivity index is 1.77. The van der Waals surface area contributed by atoms with E-state index in [0.717, 1.165) is 32.1 Å². The molecule has 144 valence electrons. The van der Waals surface area contributed by atoms with E-state index in [4.69, 9.17) is 9.97 Å². The lowest BCUT2D eigenvalue weighted by molar-refractivity contribution is 0.569. The van der Waals surface area contributed by atoms with E-state index in [1.807, 2.05) is 11.5 Å². The molecule has 3 aromatic rings. The molecule has 4 rings (SSSR count). The standard InChI is InChI=1S/C18H24N6OS2/c1-4-24-14-15(20-17(24)23-9-7-19-8-10-23)21-18(22(3)16(14)25)27-12(2)13-6-5-11-26-13/h5-6,11-12,19H,4,7-10H2,1-3H3. The number of anilines is 1. The highest BCUT2D eigenvalue weighted by atomic mass is 32.2. The van der Waals surface area contributed by atoms with E-state index in [0.29, 0.717) is 22.9 Å². The monoisotopic (exact) mass is 404 g/mol. The molecule has 1 atom stereocenters. The van der Waals surface area contributed by atoms with Gasteiger partial charge in [-0.15, -0.1) is 11.3 Å². The third-order valence-corrected chi connectivity index (χ3v) is 7.25. The summed E-state index contributed by atoms with van der Waals surface area (Å²) in [4.78, 5) is 26.2. The third-order valence-electron chi connectivity index (χ3n) is 4.87. The maximum atomic E-state index is 13.1. The van der Waals surface area contributed by atoms with Crippen molar-refractivity contribution in [3.63, 3.8) is 0 Å². The van der Waals surface area contributed by atoms with Crippen molar-refractivity contribution >= 4 is 40.2 Å². The predicted octanol–water partition coefficient (Wildman–Crippen LogP) is 2.47. The minimum Gasteiger partial charge on any atom is -0.340 e. The molecule has 0 aromatic carbocycles. The van der Waals surface area contributed by atoms with Crippen LogP contribution in [-0.4, -0.2) is 45.3 Å². The maximum Gasteiger partial charge on any atom is 0.280 e. The first-order valence-corrected chi connectivity index (χ1v) is 11.0. The summed E-state index contributed by atoms with van der Waals surface area (Å²) in [5.74, 6) is 0.854. The summed E-state index contributed by atoms with van der Waals surface area (Å²) in [6.45, 7) is 8.53. The topological polar surface area (TPSA) is 68.0 Å². The summed E-state index contributed by atoms with van der Waals surface area (Å²) >= 11 is 3.33. The molecular weight excluding hydrogens is 380 g/mol. The molecule has 4 heterocycles. The van der Waals surface area contributed by atoms with Gasteiger partial charge in [0.2, 0.25) is 5.95 Å². The van der Waals surface area contributed by atoms with E-state index in [2.05, 4.69) is 34.7 Å². The number of aryl methyl sites for hydroxylation is 1. The minimum absolute atomic E-state index is 0.0309. The van der Waals surface area contributed by atoms with E-state index in [-0.39, 0.29) is 10.8 Å². The number of rotatable bonds is 5. The van der Waals surface area contributed by atoms with E-state index in [1.54, 1.807) is 34.7 Å². The number of imidazole rings is 1. The first-order chi connectivity index (χ1) is 13.1. The first-order valence-electron chi connectivity index (χ1n) is 9.23. The molecule has 0 spiro atoms. The molecule has 1 aliphatic heterocycles. The molecule has 9 heteroatoms. The zero-order chi connectivity index (χ0) is 19.0. The molecule has 0 saturated carbocycles. The van der Waals surface area contributed by atoms with Crippen LogP contribution in [0, 0.1) is 0 Å². The molecule has 0 aliphatic carbocycles. The Morgan fingerprint density at radius 2 is 2.11 bits per heavy atom. The molecule has 0 bridgehead atoms. The molecule has 0 radical (unpaired) electrons. The van der Waals surface area contributed by atoms with E-state index in [9.17, 15) is 4.79 Å². The summed E-state index contributed by atoms with van der Waals surface area (Å²) in [6.07, 6.45) is 0. The van der Waals surface area contributed by atoms with Gasteiger partial charge in [0.1, 0.15) is 0 Å². The first kappa shape index (κ1) is 18.5. The average molecular weight is 405 g/mol. The maximum absolute atomic E-state index is 13.1. The van der Waals surface area contributed by atoms with Crippen molar-refractivity contribution in [1.29, 1.82) is 0 Å². The molecule has 3 aromatic heterocycles. The van der Waals surface area contributed by atoms with Gasteiger partial charge in [0.05, 0.1) is 0 Å². The van der Waals surface area contributed by atoms with Gasteiger partial charge in [0, 0.05) is 49.9 Å². The van der Waals surface area contributed by atoms with E-state index >= 15 is 0 Å². The lowest BCUT2D eigenvalue weighted by atomic mass is 10.4. The van der Waals surface area contributed by atoms with Crippen LogP contribution in [0.15, 0.2) is 27.5 Å². The van der Waals surface area contributed by atoms with Gasteiger partial charge >= 0.3 is 0 Å². The van der Waals surface area contributed by atoms with E-state index < -0.39 is 0 Å². The molecule has 1 unspecified atom stereocenters. The van der Waals surface area contributed by atoms with Crippen LogP contribution >= 0.6 is 23.1 Å². The van der Waals surface area contributed by atoms with Crippen molar-refractivity contribution in [3.05, 3.63) is 32.7 Å². The second kappa shape index (κ2) is 7.65. The lowest BCUT2D eigenvalue weighted by Crippen LogP contribution is -2.44. The van der Waals surface area contributed by atoms with Crippen LogP contribution in [0.4, 0.5) is 5.95 Å². The number of thiophene rings is 1.